The summed E-state index contributed by atoms with van der Waals surface area (Å²) in [5.41, 5.74) is 0. The lowest BCUT2D eigenvalue weighted by atomic mass is 9.98. The third kappa shape index (κ3) is 1.95. The molecule has 2 heteroatoms. The van der Waals surface area contributed by atoms with Gasteiger partial charge in [-0.25, -0.2) is 0 Å². The predicted octanol–water partition coefficient (Wildman–Crippen LogP) is 1.26. The SMILES string of the molecule is CC(C)C1COCOC1. The highest BCUT2D eigenvalue weighted by Crippen LogP contribution is 2.14. The quantitative estimate of drug-likeness (QED) is 0.532. The van der Waals surface area contributed by atoms with Gasteiger partial charge in [0.25, 0.3) is 0 Å². The van der Waals surface area contributed by atoms with E-state index in [0.29, 0.717) is 18.6 Å². The third-order valence-corrected chi connectivity index (χ3v) is 1.77. The monoisotopic (exact) mass is 130 g/mol. The molecule has 0 aliphatic carbocycles. The maximum absolute atomic E-state index is 5.12. The van der Waals surface area contributed by atoms with Gasteiger partial charge in [-0.05, 0) is 5.92 Å². The molecule has 0 N–H and O–H groups in total. The van der Waals surface area contributed by atoms with Crippen molar-refractivity contribution in [2.75, 3.05) is 20.0 Å². The van der Waals surface area contributed by atoms with Crippen LogP contribution in [-0.4, -0.2) is 20.0 Å². The van der Waals surface area contributed by atoms with Gasteiger partial charge < -0.3 is 9.47 Å². The van der Waals surface area contributed by atoms with Crippen molar-refractivity contribution in [1.29, 1.82) is 0 Å². The Labute approximate surface area is 56.2 Å². The van der Waals surface area contributed by atoms with E-state index in [2.05, 4.69) is 13.8 Å². The van der Waals surface area contributed by atoms with Crippen molar-refractivity contribution in [2.45, 2.75) is 13.8 Å². The minimum absolute atomic E-state index is 0.489. The Morgan fingerprint density at radius 3 is 2.11 bits per heavy atom. The molecule has 9 heavy (non-hydrogen) atoms. The molecule has 0 aromatic heterocycles. The third-order valence-electron chi connectivity index (χ3n) is 1.77. The van der Waals surface area contributed by atoms with E-state index in [9.17, 15) is 0 Å². The molecule has 1 rings (SSSR count). The second-order valence-corrected chi connectivity index (χ2v) is 2.86. The maximum Gasteiger partial charge on any atom is 0.146 e. The molecular weight excluding hydrogens is 116 g/mol. The molecule has 0 saturated carbocycles. The fraction of sp³-hybridized carbons (Fsp3) is 1.00. The van der Waals surface area contributed by atoms with Gasteiger partial charge in [-0.3, -0.25) is 0 Å². The van der Waals surface area contributed by atoms with Gasteiger partial charge in [-0.1, -0.05) is 13.8 Å². The summed E-state index contributed by atoms with van der Waals surface area (Å²) in [7, 11) is 0. The molecule has 1 aliphatic heterocycles. The van der Waals surface area contributed by atoms with Crippen molar-refractivity contribution in [2.24, 2.45) is 11.8 Å². The summed E-state index contributed by atoms with van der Waals surface area (Å²) >= 11 is 0. The van der Waals surface area contributed by atoms with Gasteiger partial charge in [0.2, 0.25) is 0 Å². The Bertz CT molecular complexity index is 75.0. The number of ether oxygens (including phenoxy) is 2. The Kier molecular flexibility index (Phi) is 2.49. The van der Waals surface area contributed by atoms with Gasteiger partial charge in [0.15, 0.2) is 0 Å². The Morgan fingerprint density at radius 2 is 1.78 bits per heavy atom. The summed E-state index contributed by atoms with van der Waals surface area (Å²) < 4.78 is 10.2. The van der Waals surface area contributed by atoms with Gasteiger partial charge in [-0.15, -0.1) is 0 Å². The van der Waals surface area contributed by atoms with Crippen LogP contribution in [0.3, 0.4) is 0 Å². The molecule has 0 aromatic rings. The van der Waals surface area contributed by atoms with E-state index < -0.39 is 0 Å². The minimum atomic E-state index is 0.489. The van der Waals surface area contributed by atoms with E-state index in [1.807, 2.05) is 0 Å². The summed E-state index contributed by atoms with van der Waals surface area (Å²) in [5, 5.41) is 0. The molecule has 1 aliphatic rings. The van der Waals surface area contributed by atoms with Gasteiger partial charge in [0, 0.05) is 5.92 Å². The van der Waals surface area contributed by atoms with Crippen LogP contribution in [0.4, 0.5) is 0 Å². The first-order chi connectivity index (χ1) is 4.30. The first-order valence-corrected chi connectivity index (χ1v) is 3.46. The van der Waals surface area contributed by atoms with E-state index in [4.69, 9.17) is 9.47 Å². The van der Waals surface area contributed by atoms with E-state index in [-0.39, 0.29) is 0 Å². The maximum atomic E-state index is 5.12. The minimum Gasteiger partial charge on any atom is -0.355 e. The molecule has 0 spiro atoms. The zero-order valence-electron chi connectivity index (χ0n) is 6.09. The summed E-state index contributed by atoms with van der Waals surface area (Å²) in [4.78, 5) is 0. The lowest BCUT2D eigenvalue weighted by molar-refractivity contribution is -0.134. The van der Waals surface area contributed by atoms with Crippen LogP contribution in [0.2, 0.25) is 0 Å². The largest absolute Gasteiger partial charge is 0.355 e. The van der Waals surface area contributed by atoms with Crippen LogP contribution in [0.15, 0.2) is 0 Å². The van der Waals surface area contributed by atoms with Gasteiger partial charge in [-0.2, -0.15) is 0 Å². The zero-order valence-corrected chi connectivity index (χ0v) is 6.09. The highest BCUT2D eigenvalue weighted by Gasteiger charge is 2.16. The number of hydrogen-bond donors (Lipinski definition) is 0. The summed E-state index contributed by atoms with van der Waals surface area (Å²) in [6.07, 6.45) is 0. The molecule has 0 amide bonds. The van der Waals surface area contributed by atoms with Crippen molar-refractivity contribution in [3.8, 4) is 0 Å². The van der Waals surface area contributed by atoms with Crippen LogP contribution in [-0.2, 0) is 9.47 Å². The normalized spacial score (nSPS) is 23.0. The lowest BCUT2D eigenvalue weighted by Crippen LogP contribution is -2.27. The average molecular weight is 130 g/mol. The van der Waals surface area contributed by atoms with Crippen molar-refractivity contribution in [3.05, 3.63) is 0 Å². The topological polar surface area (TPSA) is 18.5 Å². The van der Waals surface area contributed by atoms with E-state index in [0.717, 1.165) is 13.2 Å². The Morgan fingerprint density at radius 1 is 1.22 bits per heavy atom. The van der Waals surface area contributed by atoms with Gasteiger partial charge in [0.05, 0.1) is 13.2 Å². The van der Waals surface area contributed by atoms with Crippen molar-refractivity contribution in [1.82, 2.24) is 0 Å². The molecule has 1 heterocycles. The second-order valence-electron chi connectivity index (χ2n) is 2.86. The molecule has 1 saturated heterocycles. The highest BCUT2D eigenvalue weighted by molar-refractivity contribution is 4.62. The van der Waals surface area contributed by atoms with Crippen LogP contribution >= 0.6 is 0 Å². The standard InChI is InChI=1S/C7H14O2/c1-6(2)7-3-8-5-9-4-7/h6-7H,3-5H2,1-2H3. The lowest BCUT2D eigenvalue weighted by Gasteiger charge is -2.24. The van der Waals surface area contributed by atoms with Crippen molar-refractivity contribution in [3.63, 3.8) is 0 Å². The summed E-state index contributed by atoms with van der Waals surface area (Å²) in [6.45, 7) is 6.63. The highest BCUT2D eigenvalue weighted by atomic mass is 16.7. The Balaban J connectivity index is 2.23. The second kappa shape index (κ2) is 3.18. The van der Waals surface area contributed by atoms with Crippen LogP contribution in [0, 0.1) is 11.8 Å². The molecule has 0 bridgehead atoms. The molecule has 1 fully saturated rings. The van der Waals surface area contributed by atoms with E-state index >= 15 is 0 Å². The predicted molar refractivity (Wildman–Crippen MR) is 35.1 cm³/mol. The fourth-order valence-corrected chi connectivity index (χ4v) is 0.891. The molecular formula is C7H14O2. The van der Waals surface area contributed by atoms with Crippen LogP contribution in [0.25, 0.3) is 0 Å². The van der Waals surface area contributed by atoms with Crippen LogP contribution in [0.1, 0.15) is 13.8 Å². The van der Waals surface area contributed by atoms with Crippen molar-refractivity contribution < 1.29 is 9.47 Å². The summed E-state index contributed by atoms with van der Waals surface area (Å²) in [5.74, 6) is 1.30. The molecule has 0 unspecified atom stereocenters. The smallest absolute Gasteiger partial charge is 0.146 e. The first kappa shape index (κ1) is 7.03. The molecule has 0 aromatic carbocycles. The average Bonchev–Trinajstić information content (AvgIpc) is 1.90. The van der Waals surface area contributed by atoms with E-state index in [1.165, 1.54) is 0 Å². The van der Waals surface area contributed by atoms with E-state index in [1.54, 1.807) is 0 Å². The Hall–Kier alpha value is -0.0800. The molecule has 0 radical (unpaired) electrons. The van der Waals surface area contributed by atoms with Crippen LogP contribution < -0.4 is 0 Å². The molecule has 54 valence electrons. The first-order valence-electron chi connectivity index (χ1n) is 3.46. The van der Waals surface area contributed by atoms with Gasteiger partial charge >= 0.3 is 0 Å². The number of rotatable bonds is 1. The zero-order chi connectivity index (χ0) is 6.69. The van der Waals surface area contributed by atoms with Gasteiger partial charge in [0.1, 0.15) is 6.79 Å². The van der Waals surface area contributed by atoms with Crippen LogP contribution in [0.5, 0.6) is 0 Å². The number of hydrogen-bond acceptors (Lipinski definition) is 2. The fourth-order valence-electron chi connectivity index (χ4n) is 0.891. The summed E-state index contributed by atoms with van der Waals surface area (Å²) in [6, 6.07) is 0. The van der Waals surface area contributed by atoms with Crippen molar-refractivity contribution >= 4 is 0 Å². The molecule has 0 atom stereocenters. The molecule has 2 nitrogen and oxygen atoms in total.